The molecule has 14 heavy (non-hydrogen) atoms. The normalized spacial score (nSPS) is 10.0. The molecule has 0 heterocycles. The zero-order valence-electron chi connectivity index (χ0n) is 8.26. The van der Waals surface area contributed by atoms with Crippen molar-refractivity contribution < 1.29 is 4.74 Å². The van der Waals surface area contributed by atoms with Gasteiger partial charge >= 0.3 is 0 Å². The second-order valence-corrected chi connectivity index (χ2v) is 3.74. The van der Waals surface area contributed by atoms with Crippen LogP contribution in [0.25, 0.3) is 0 Å². The van der Waals surface area contributed by atoms with Crippen molar-refractivity contribution in [3.63, 3.8) is 0 Å². The fraction of sp³-hybridized carbons (Fsp3) is 0.400. The molecule has 0 fully saturated rings. The highest BCUT2D eigenvalue weighted by Gasteiger charge is 2.07. The molecule has 1 rings (SSSR count). The van der Waals surface area contributed by atoms with E-state index in [9.17, 15) is 0 Å². The van der Waals surface area contributed by atoms with Gasteiger partial charge in [-0.05, 0) is 18.2 Å². The van der Waals surface area contributed by atoms with Gasteiger partial charge in [0.1, 0.15) is 5.75 Å². The van der Waals surface area contributed by atoms with Gasteiger partial charge in [0.2, 0.25) is 0 Å². The molecule has 0 bridgehead atoms. The van der Waals surface area contributed by atoms with E-state index >= 15 is 0 Å². The number of rotatable bonds is 4. The predicted octanol–water partition coefficient (Wildman–Crippen LogP) is 3.02. The molecular weight excluding hydrogens is 221 g/mol. The second-order valence-electron chi connectivity index (χ2n) is 2.93. The Kier molecular flexibility index (Phi) is 4.36. The molecule has 0 aliphatic heterocycles. The van der Waals surface area contributed by atoms with Crippen LogP contribution in [-0.4, -0.2) is 26.6 Å². The quantitative estimate of drug-likeness (QED) is 0.742. The molecule has 0 aromatic heterocycles. The number of ether oxygens (including phenoxy) is 1. The van der Waals surface area contributed by atoms with E-state index in [4.69, 9.17) is 27.9 Å². The zero-order valence-corrected chi connectivity index (χ0v) is 9.77. The summed E-state index contributed by atoms with van der Waals surface area (Å²) in [5, 5.41) is 0.697. The Morgan fingerprint density at radius 1 is 1.43 bits per heavy atom. The van der Waals surface area contributed by atoms with Crippen LogP contribution in [-0.2, 0) is 0 Å². The van der Waals surface area contributed by atoms with Gasteiger partial charge < -0.3 is 9.64 Å². The Balaban J connectivity index is 2.97. The molecule has 0 aliphatic rings. The molecule has 4 heteroatoms. The van der Waals surface area contributed by atoms with Crippen LogP contribution >= 0.6 is 23.2 Å². The van der Waals surface area contributed by atoms with Gasteiger partial charge in [0.05, 0.1) is 12.8 Å². The molecule has 0 saturated heterocycles. The molecule has 1 aromatic rings. The Morgan fingerprint density at radius 2 is 2.14 bits per heavy atom. The van der Waals surface area contributed by atoms with Crippen molar-refractivity contribution in [1.29, 1.82) is 0 Å². The van der Waals surface area contributed by atoms with Crippen LogP contribution in [0.1, 0.15) is 0 Å². The number of hydrogen-bond acceptors (Lipinski definition) is 2. The molecular formula is C10H13Cl2NO. The maximum absolute atomic E-state index is 5.90. The van der Waals surface area contributed by atoms with Crippen molar-refractivity contribution in [3.05, 3.63) is 23.2 Å². The summed E-state index contributed by atoms with van der Waals surface area (Å²) in [5.74, 6) is 1.38. The number of benzene rings is 1. The highest BCUT2D eigenvalue weighted by molar-refractivity contribution is 6.30. The largest absolute Gasteiger partial charge is 0.495 e. The molecule has 0 saturated carbocycles. The topological polar surface area (TPSA) is 12.5 Å². The molecule has 0 N–H and O–H groups in total. The van der Waals surface area contributed by atoms with Gasteiger partial charge in [0, 0.05) is 24.5 Å². The summed E-state index contributed by atoms with van der Waals surface area (Å²) in [6.07, 6.45) is 0. The molecule has 1 aromatic carbocycles. The lowest BCUT2D eigenvalue weighted by atomic mass is 10.2. The minimum Gasteiger partial charge on any atom is -0.495 e. The van der Waals surface area contributed by atoms with Crippen molar-refractivity contribution in [1.82, 2.24) is 0 Å². The van der Waals surface area contributed by atoms with Crippen molar-refractivity contribution in [2.75, 3.05) is 31.5 Å². The van der Waals surface area contributed by atoms with Crippen molar-refractivity contribution >= 4 is 28.9 Å². The van der Waals surface area contributed by atoms with Crippen LogP contribution in [0.3, 0.4) is 0 Å². The third-order valence-electron chi connectivity index (χ3n) is 1.97. The first-order valence-electron chi connectivity index (χ1n) is 4.29. The summed E-state index contributed by atoms with van der Waals surface area (Å²) in [4.78, 5) is 2.01. The number of halogens is 2. The summed E-state index contributed by atoms with van der Waals surface area (Å²) in [7, 11) is 3.60. The molecule has 0 amide bonds. The van der Waals surface area contributed by atoms with Gasteiger partial charge in [-0.1, -0.05) is 11.6 Å². The third-order valence-corrected chi connectivity index (χ3v) is 2.38. The molecule has 78 valence electrons. The fourth-order valence-electron chi connectivity index (χ4n) is 1.21. The van der Waals surface area contributed by atoms with Crippen LogP contribution in [0.5, 0.6) is 5.75 Å². The van der Waals surface area contributed by atoms with E-state index in [0.717, 1.165) is 18.0 Å². The van der Waals surface area contributed by atoms with E-state index in [1.165, 1.54) is 0 Å². The Bertz CT molecular complexity index is 304. The lowest BCUT2D eigenvalue weighted by molar-refractivity contribution is 0.415. The van der Waals surface area contributed by atoms with Gasteiger partial charge in [-0.25, -0.2) is 0 Å². The van der Waals surface area contributed by atoms with Gasteiger partial charge in [-0.15, -0.1) is 11.6 Å². The fourth-order valence-corrected chi connectivity index (χ4v) is 1.63. The zero-order chi connectivity index (χ0) is 10.6. The number of methoxy groups -OCH3 is 1. The van der Waals surface area contributed by atoms with E-state index in [0.29, 0.717) is 10.9 Å². The SMILES string of the molecule is COc1ccc(Cl)cc1N(C)CCCl. The summed E-state index contributed by atoms with van der Waals surface area (Å²) >= 11 is 11.6. The minimum atomic E-state index is 0.576. The lowest BCUT2D eigenvalue weighted by Crippen LogP contribution is -2.20. The molecule has 0 radical (unpaired) electrons. The first-order chi connectivity index (χ1) is 6.69. The monoisotopic (exact) mass is 233 g/mol. The summed E-state index contributed by atoms with van der Waals surface area (Å²) in [6, 6.07) is 5.52. The predicted molar refractivity (Wildman–Crippen MR) is 62.0 cm³/mol. The van der Waals surface area contributed by atoms with E-state index < -0.39 is 0 Å². The Labute approximate surface area is 94.4 Å². The minimum absolute atomic E-state index is 0.576. The standard InChI is InChI=1S/C10H13Cl2NO/c1-13(6-5-11)9-7-8(12)3-4-10(9)14-2/h3-4,7H,5-6H2,1-2H3. The Morgan fingerprint density at radius 3 is 2.71 bits per heavy atom. The molecule has 0 spiro atoms. The van der Waals surface area contributed by atoms with Crippen molar-refractivity contribution in [2.45, 2.75) is 0 Å². The summed E-state index contributed by atoms with van der Waals surface area (Å²) < 4.78 is 5.22. The molecule has 2 nitrogen and oxygen atoms in total. The number of nitrogens with zero attached hydrogens (tertiary/aromatic N) is 1. The van der Waals surface area contributed by atoms with Crippen LogP contribution in [0.4, 0.5) is 5.69 Å². The molecule has 0 aliphatic carbocycles. The summed E-state index contributed by atoms with van der Waals surface area (Å²) in [6.45, 7) is 0.762. The van der Waals surface area contributed by atoms with E-state index in [2.05, 4.69) is 0 Å². The van der Waals surface area contributed by atoms with Crippen molar-refractivity contribution in [3.8, 4) is 5.75 Å². The number of hydrogen-bond donors (Lipinski definition) is 0. The van der Waals surface area contributed by atoms with Crippen LogP contribution in [0.2, 0.25) is 5.02 Å². The molecule has 0 unspecified atom stereocenters. The smallest absolute Gasteiger partial charge is 0.142 e. The lowest BCUT2D eigenvalue weighted by Gasteiger charge is -2.20. The second kappa shape index (κ2) is 5.32. The third kappa shape index (κ3) is 2.69. The van der Waals surface area contributed by atoms with Gasteiger partial charge in [-0.3, -0.25) is 0 Å². The van der Waals surface area contributed by atoms with E-state index in [1.54, 1.807) is 13.2 Å². The van der Waals surface area contributed by atoms with Crippen LogP contribution < -0.4 is 9.64 Å². The highest BCUT2D eigenvalue weighted by Crippen LogP contribution is 2.30. The van der Waals surface area contributed by atoms with Gasteiger partial charge in [0.25, 0.3) is 0 Å². The van der Waals surface area contributed by atoms with E-state index in [1.807, 2.05) is 24.1 Å². The Hall–Kier alpha value is -0.600. The highest BCUT2D eigenvalue weighted by atomic mass is 35.5. The first kappa shape index (κ1) is 11.5. The average molecular weight is 234 g/mol. The van der Waals surface area contributed by atoms with Gasteiger partial charge in [0.15, 0.2) is 0 Å². The van der Waals surface area contributed by atoms with Gasteiger partial charge in [-0.2, -0.15) is 0 Å². The van der Waals surface area contributed by atoms with Crippen molar-refractivity contribution in [2.24, 2.45) is 0 Å². The maximum atomic E-state index is 5.90. The number of anilines is 1. The number of alkyl halides is 1. The average Bonchev–Trinajstić information content (AvgIpc) is 2.18. The first-order valence-corrected chi connectivity index (χ1v) is 5.21. The van der Waals surface area contributed by atoms with Crippen LogP contribution in [0.15, 0.2) is 18.2 Å². The summed E-state index contributed by atoms with van der Waals surface area (Å²) in [5.41, 5.74) is 0.959. The van der Waals surface area contributed by atoms with Crippen LogP contribution in [0, 0.1) is 0 Å². The van der Waals surface area contributed by atoms with E-state index in [-0.39, 0.29) is 0 Å². The maximum Gasteiger partial charge on any atom is 0.142 e. The molecule has 0 atom stereocenters.